The quantitative estimate of drug-likeness (QED) is 0.253. The number of nitrogens with zero attached hydrogens (tertiary/aromatic N) is 3. The standard InChI is InChI=1S/C31H36N4O3/c1-5-28(34(21-20-22(3)4)31(37)32-23-12-8-7-9-13-23)29-33-27-15-11-10-14-26(27)30(36)35(29)24-16-18-25(19-17-24)38-6-2/h7-19,22,28H,5-6,20-21H2,1-4H3,(H,32,37). The summed E-state index contributed by atoms with van der Waals surface area (Å²) in [4.78, 5) is 34.4. The van der Waals surface area contributed by atoms with Crippen LogP contribution in [0.2, 0.25) is 0 Å². The number of hydrogen-bond donors (Lipinski definition) is 1. The first kappa shape index (κ1) is 26.9. The van der Waals surface area contributed by atoms with Crippen molar-refractivity contribution in [3.8, 4) is 11.4 Å². The molecule has 1 aromatic heterocycles. The molecular formula is C31H36N4O3. The summed E-state index contributed by atoms with van der Waals surface area (Å²) in [5.41, 5.74) is 1.84. The molecule has 0 bridgehead atoms. The van der Waals surface area contributed by atoms with Gasteiger partial charge >= 0.3 is 6.03 Å². The predicted molar refractivity (Wildman–Crippen MR) is 153 cm³/mol. The number of benzene rings is 3. The molecule has 1 atom stereocenters. The highest BCUT2D eigenvalue weighted by Crippen LogP contribution is 2.28. The van der Waals surface area contributed by atoms with Crippen molar-refractivity contribution in [3.05, 3.63) is 95.0 Å². The Morgan fingerprint density at radius 1 is 0.974 bits per heavy atom. The number of ether oxygens (including phenoxy) is 1. The van der Waals surface area contributed by atoms with Crippen molar-refractivity contribution in [1.29, 1.82) is 0 Å². The zero-order valence-electron chi connectivity index (χ0n) is 22.6. The molecule has 0 aliphatic rings. The van der Waals surface area contributed by atoms with Crippen LogP contribution in [0.3, 0.4) is 0 Å². The number of aromatic nitrogens is 2. The van der Waals surface area contributed by atoms with Gasteiger partial charge in [0.2, 0.25) is 0 Å². The largest absolute Gasteiger partial charge is 0.494 e. The highest BCUT2D eigenvalue weighted by Gasteiger charge is 2.29. The Labute approximate surface area is 224 Å². The fourth-order valence-electron chi connectivity index (χ4n) is 4.54. The number of carbonyl (C=O) groups excluding carboxylic acids is 1. The minimum absolute atomic E-state index is 0.166. The van der Waals surface area contributed by atoms with Crippen molar-refractivity contribution in [2.24, 2.45) is 5.92 Å². The molecule has 38 heavy (non-hydrogen) atoms. The van der Waals surface area contributed by atoms with Gasteiger partial charge in [-0.3, -0.25) is 9.36 Å². The monoisotopic (exact) mass is 512 g/mol. The van der Waals surface area contributed by atoms with E-state index in [1.54, 1.807) is 10.6 Å². The molecular weight excluding hydrogens is 476 g/mol. The van der Waals surface area contributed by atoms with Gasteiger partial charge in [-0.1, -0.05) is 51.1 Å². The third kappa shape index (κ3) is 6.05. The normalized spacial score (nSPS) is 11.9. The Kier molecular flexibility index (Phi) is 8.79. The van der Waals surface area contributed by atoms with Crippen molar-refractivity contribution >= 4 is 22.6 Å². The number of para-hydroxylation sites is 2. The molecule has 198 valence electrons. The summed E-state index contributed by atoms with van der Waals surface area (Å²) in [5, 5.41) is 3.57. The molecule has 0 fully saturated rings. The lowest BCUT2D eigenvalue weighted by molar-refractivity contribution is 0.176. The summed E-state index contributed by atoms with van der Waals surface area (Å²) in [5.74, 6) is 1.66. The van der Waals surface area contributed by atoms with Gasteiger partial charge in [-0.05, 0) is 74.2 Å². The molecule has 0 aliphatic carbocycles. The van der Waals surface area contributed by atoms with Crippen LogP contribution < -0.4 is 15.6 Å². The molecule has 0 saturated heterocycles. The van der Waals surface area contributed by atoms with Gasteiger partial charge < -0.3 is 15.0 Å². The molecule has 2 amide bonds. The predicted octanol–water partition coefficient (Wildman–Crippen LogP) is 6.82. The molecule has 3 aromatic carbocycles. The SMILES string of the molecule is CCOc1ccc(-n2c(C(CC)N(CCC(C)C)C(=O)Nc3ccccc3)nc3ccccc3c2=O)cc1. The number of fused-ring (bicyclic) bond motifs is 1. The molecule has 0 aliphatic heterocycles. The van der Waals surface area contributed by atoms with E-state index in [1.807, 2.05) is 91.5 Å². The number of anilines is 1. The molecule has 4 rings (SSSR count). The fraction of sp³-hybridized carbons (Fsp3) is 0.323. The van der Waals surface area contributed by atoms with Crippen LogP contribution in [-0.2, 0) is 0 Å². The van der Waals surface area contributed by atoms with Crippen molar-refractivity contribution in [2.75, 3.05) is 18.5 Å². The summed E-state index contributed by atoms with van der Waals surface area (Å²) >= 11 is 0. The van der Waals surface area contributed by atoms with Gasteiger partial charge in [0.05, 0.1) is 29.2 Å². The van der Waals surface area contributed by atoms with Gasteiger partial charge in [-0.2, -0.15) is 0 Å². The summed E-state index contributed by atoms with van der Waals surface area (Å²) in [7, 11) is 0. The maximum atomic E-state index is 13.9. The third-order valence-corrected chi connectivity index (χ3v) is 6.50. The molecule has 1 heterocycles. The van der Waals surface area contributed by atoms with Crippen LogP contribution in [0, 0.1) is 5.92 Å². The maximum absolute atomic E-state index is 13.9. The highest BCUT2D eigenvalue weighted by molar-refractivity contribution is 5.89. The summed E-state index contributed by atoms with van der Waals surface area (Å²) < 4.78 is 7.26. The average molecular weight is 513 g/mol. The van der Waals surface area contributed by atoms with Crippen molar-refractivity contribution in [3.63, 3.8) is 0 Å². The number of amides is 2. The number of hydrogen-bond acceptors (Lipinski definition) is 4. The van der Waals surface area contributed by atoms with Crippen molar-refractivity contribution in [1.82, 2.24) is 14.5 Å². The van der Waals surface area contributed by atoms with E-state index in [0.717, 1.165) is 17.9 Å². The van der Waals surface area contributed by atoms with Gasteiger partial charge in [-0.15, -0.1) is 0 Å². The Morgan fingerprint density at radius 3 is 2.32 bits per heavy atom. The Balaban J connectivity index is 1.86. The smallest absolute Gasteiger partial charge is 0.322 e. The Morgan fingerprint density at radius 2 is 1.66 bits per heavy atom. The van der Waals surface area contributed by atoms with Crippen LogP contribution in [0.4, 0.5) is 10.5 Å². The number of carbonyl (C=O) groups is 1. The maximum Gasteiger partial charge on any atom is 0.322 e. The second-order valence-corrected chi connectivity index (χ2v) is 9.65. The number of urea groups is 1. The van der Waals surface area contributed by atoms with Crippen LogP contribution in [0.25, 0.3) is 16.6 Å². The molecule has 0 spiro atoms. The van der Waals surface area contributed by atoms with Gasteiger partial charge in [0.15, 0.2) is 0 Å². The summed E-state index contributed by atoms with van der Waals surface area (Å²) in [6.45, 7) is 9.31. The fourth-order valence-corrected chi connectivity index (χ4v) is 4.54. The van der Waals surface area contributed by atoms with Crippen LogP contribution in [0.1, 0.15) is 52.4 Å². The van der Waals surface area contributed by atoms with E-state index >= 15 is 0 Å². The summed E-state index contributed by atoms with van der Waals surface area (Å²) in [6.07, 6.45) is 1.40. The van der Waals surface area contributed by atoms with Crippen LogP contribution >= 0.6 is 0 Å². The molecule has 7 nitrogen and oxygen atoms in total. The Bertz CT molecular complexity index is 1420. The molecule has 0 radical (unpaired) electrons. The van der Waals surface area contributed by atoms with Gasteiger partial charge in [-0.25, -0.2) is 9.78 Å². The lowest BCUT2D eigenvalue weighted by Crippen LogP contribution is -2.41. The molecule has 1 unspecified atom stereocenters. The first-order chi connectivity index (χ1) is 18.4. The molecule has 1 N–H and O–H groups in total. The number of rotatable bonds is 10. The topological polar surface area (TPSA) is 76.5 Å². The van der Waals surface area contributed by atoms with Gasteiger partial charge in [0.1, 0.15) is 11.6 Å². The zero-order valence-corrected chi connectivity index (χ0v) is 22.6. The van der Waals surface area contributed by atoms with Crippen molar-refractivity contribution in [2.45, 2.75) is 46.6 Å². The Hall–Kier alpha value is -4.13. The average Bonchev–Trinajstić information content (AvgIpc) is 2.92. The lowest BCUT2D eigenvalue weighted by atomic mass is 10.1. The second kappa shape index (κ2) is 12.4. The van der Waals surface area contributed by atoms with Crippen molar-refractivity contribution < 1.29 is 9.53 Å². The van der Waals surface area contributed by atoms with Gasteiger partial charge in [0.25, 0.3) is 5.56 Å². The van der Waals surface area contributed by atoms with E-state index in [4.69, 9.17) is 9.72 Å². The van der Waals surface area contributed by atoms with Gasteiger partial charge in [0, 0.05) is 12.2 Å². The van der Waals surface area contributed by atoms with Crippen LogP contribution in [0.5, 0.6) is 5.75 Å². The van der Waals surface area contributed by atoms with Crippen LogP contribution in [0.15, 0.2) is 83.7 Å². The minimum Gasteiger partial charge on any atom is -0.494 e. The zero-order chi connectivity index (χ0) is 27.1. The van der Waals surface area contributed by atoms with E-state index in [1.165, 1.54) is 0 Å². The highest BCUT2D eigenvalue weighted by atomic mass is 16.5. The first-order valence-corrected chi connectivity index (χ1v) is 13.3. The van der Waals surface area contributed by atoms with Crippen LogP contribution in [-0.4, -0.2) is 33.6 Å². The lowest BCUT2D eigenvalue weighted by Gasteiger charge is -2.33. The van der Waals surface area contributed by atoms with E-state index < -0.39 is 6.04 Å². The van der Waals surface area contributed by atoms with E-state index in [0.29, 0.717) is 47.9 Å². The number of nitrogens with one attached hydrogen (secondary N) is 1. The first-order valence-electron chi connectivity index (χ1n) is 13.3. The summed E-state index contributed by atoms with van der Waals surface area (Å²) in [6, 6.07) is 23.5. The van der Waals surface area contributed by atoms with E-state index in [2.05, 4.69) is 19.2 Å². The molecule has 4 aromatic rings. The van der Waals surface area contributed by atoms with E-state index in [-0.39, 0.29) is 11.6 Å². The van der Waals surface area contributed by atoms with E-state index in [9.17, 15) is 9.59 Å². The third-order valence-electron chi connectivity index (χ3n) is 6.50. The second-order valence-electron chi connectivity index (χ2n) is 9.65. The molecule has 0 saturated carbocycles. The molecule has 7 heteroatoms. The minimum atomic E-state index is -0.429.